The van der Waals surface area contributed by atoms with Crippen LogP contribution in [-0.2, 0) is 11.2 Å². The smallest absolute Gasteiger partial charge is 0.235 e. The van der Waals surface area contributed by atoms with Crippen molar-refractivity contribution in [1.82, 2.24) is 10.2 Å². The molecule has 1 amide bonds. The molecule has 0 radical (unpaired) electrons. The number of aliphatic hydroxyl groups is 1. The predicted octanol–water partition coefficient (Wildman–Crippen LogP) is 1.87. The average molecular weight is 329 g/mol. The Morgan fingerprint density at radius 1 is 1.21 bits per heavy atom. The number of rotatable bonds is 8. The molecule has 2 rings (SSSR count). The van der Waals surface area contributed by atoms with E-state index < -0.39 is 5.54 Å². The molecule has 0 aliphatic heterocycles. The van der Waals surface area contributed by atoms with Crippen molar-refractivity contribution in [2.45, 2.75) is 44.1 Å². The van der Waals surface area contributed by atoms with E-state index in [0.29, 0.717) is 13.1 Å². The SMILES string of the molecule is N#CC1(NC(=O)CN(CCO)CCc2ccccc2)CCCCC1. The molecule has 130 valence electrons. The van der Waals surface area contributed by atoms with E-state index in [9.17, 15) is 15.2 Å². The fourth-order valence-electron chi connectivity index (χ4n) is 3.27. The van der Waals surface area contributed by atoms with Crippen LogP contribution in [0.2, 0.25) is 0 Å². The lowest BCUT2D eigenvalue weighted by atomic mass is 9.83. The van der Waals surface area contributed by atoms with Crippen molar-refractivity contribution < 1.29 is 9.90 Å². The number of nitrogens with zero attached hydrogens (tertiary/aromatic N) is 2. The van der Waals surface area contributed by atoms with Crippen molar-refractivity contribution >= 4 is 5.91 Å². The highest BCUT2D eigenvalue weighted by Gasteiger charge is 2.33. The van der Waals surface area contributed by atoms with Crippen LogP contribution in [0.5, 0.6) is 0 Å². The number of nitriles is 1. The third kappa shape index (κ3) is 5.63. The van der Waals surface area contributed by atoms with Crippen molar-refractivity contribution in [3.8, 4) is 6.07 Å². The van der Waals surface area contributed by atoms with Crippen LogP contribution in [0.25, 0.3) is 0 Å². The summed E-state index contributed by atoms with van der Waals surface area (Å²) in [5.41, 5.74) is 0.515. The summed E-state index contributed by atoms with van der Waals surface area (Å²) in [6.07, 6.45) is 5.41. The summed E-state index contributed by atoms with van der Waals surface area (Å²) < 4.78 is 0. The molecule has 24 heavy (non-hydrogen) atoms. The second-order valence-corrected chi connectivity index (χ2v) is 6.54. The van der Waals surface area contributed by atoms with Crippen LogP contribution in [0.3, 0.4) is 0 Å². The molecule has 1 aliphatic rings. The lowest BCUT2D eigenvalue weighted by molar-refractivity contribution is -0.124. The van der Waals surface area contributed by atoms with Crippen LogP contribution in [-0.4, -0.2) is 47.7 Å². The zero-order chi connectivity index (χ0) is 17.3. The lowest BCUT2D eigenvalue weighted by Crippen LogP contribution is -2.52. The van der Waals surface area contributed by atoms with Crippen LogP contribution in [0.1, 0.15) is 37.7 Å². The molecule has 0 bridgehead atoms. The van der Waals surface area contributed by atoms with E-state index in [1.165, 1.54) is 5.56 Å². The monoisotopic (exact) mass is 329 g/mol. The van der Waals surface area contributed by atoms with Gasteiger partial charge in [0.25, 0.3) is 0 Å². The summed E-state index contributed by atoms with van der Waals surface area (Å²) >= 11 is 0. The fourth-order valence-corrected chi connectivity index (χ4v) is 3.27. The van der Waals surface area contributed by atoms with Crippen molar-refractivity contribution in [3.63, 3.8) is 0 Å². The minimum atomic E-state index is -0.695. The maximum Gasteiger partial charge on any atom is 0.235 e. The van der Waals surface area contributed by atoms with Crippen LogP contribution in [0, 0.1) is 11.3 Å². The Balaban J connectivity index is 1.87. The molecular weight excluding hydrogens is 302 g/mol. The number of hydrogen-bond acceptors (Lipinski definition) is 4. The van der Waals surface area contributed by atoms with E-state index in [4.69, 9.17) is 0 Å². The van der Waals surface area contributed by atoms with Crippen LogP contribution in [0.15, 0.2) is 30.3 Å². The van der Waals surface area contributed by atoms with Gasteiger partial charge in [0.2, 0.25) is 5.91 Å². The number of nitrogens with one attached hydrogen (secondary N) is 1. The van der Waals surface area contributed by atoms with Gasteiger partial charge in [0, 0.05) is 13.1 Å². The molecule has 1 aliphatic carbocycles. The van der Waals surface area contributed by atoms with Crippen molar-refractivity contribution in [3.05, 3.63) is 35.9 Å². The molecule has 0 atom stereocenters. The van der Waals surface area contributed by atoms with Gasteiger partial charge in [-0.05, 0) is 24.8 Å². The largest absolute Gasteiger partial charge is 0.395 e. The molecule has 1 aromatic rings. The molecule has 0 saturated heterocycles. The lowest BCUT2D eigenvalue weighted by Gasteiger charge is -2.32. The predicted molar refractivity (Wildman–Crippen MR) is 93.2 cm³/mol. The number of hydrogen-bond donors (Lipinski definition) is 2. The normalized spacial score (nSPS) is 16.5. The van der Waals surface area contributed by atoms with Gasteiger partial charge in [-0.2, -0.15) is 5.26 Å². The summed E-state index contributed by atoms with van der Waals surface area (Å²) in [6, 6.07) is 12.4. The van der Waals surface area contributed by atoms with Gasteiger partial charge >= 0.3 is 0 Å². The summed E-state index contributed by atoms with van der Waals surface area (Å²) in [4.78, 5) is 14.3. The number of carbonyl (C=O) groups excluding carboxylic acids is 1. The minimum absolute atomic E-state index is 0.0193. The molecule has 0 heterocycles. The van der Waals surface area contributed by atoms with E-state index in [2.05, 4.69) is 23.5 Å². The second kappa shape index (κ2) is 9.41. The summed E-state index contributed by atoms with van der Waals surface area (Å²) in [7, 11) is 0. The zero-order valence-electron chi connectivity index (χ0n) is 14.2. The Morgan fingerprint density at radius 2 is 1.92 bits per heavy atom. The van der Waals surface area contributed by atoms with E-state index in [-0.39, 0.29) is 19.1 Å². The molecule has 0 spiro atoms. The first-order valence-electron chi connectivity index (χ1n) is 8.77. The standard InChI is InChI=1S/C19H27N3O2/c20-16-19(10-5-2-6-11-19)21-18(24)15-22(13-14-23)12-9-17-7-3-1-4-8-17/h1,3-4,7-8,23H,2,5-6,9-15H2,(H,21,24). The van der Waals surface area contributed by atoms with Gasteiger partial charge in [0.05, 0.1) is 19.2 Å². The quantitative estimate of drug-likeness (QED) is 0.763. The maximum atomic E-state index is 12.4. The van der Waals surface area contributed by atoms with Crippen molar-refractivity contribution in [2.75, 3.05) is 26.2 Å². The Labute approximate surface area is 144 Å². The van der Waals surface area contributed by atoms with Crippen molar-refractivity contribution in [1.29, 1.82) is 5.26 Å². The first kappa shape index (κ1) is 18.4. The maximum absolute atomic E-state index is 12.4. The summed E-state index contributed by atoms with van der Waals surface area (Å²) in [5.74, 6) is -0.125. The summed E-state index contributed by atoms with van der Waals surface area (Å²) in [5, 5.41) is 21.6. The molecule has 0 aromatic heterocycles. The highest BCUT2D eigenvalue weighted by atomic mass is 16.3. The van der Waals surface area contributed by atoms with E-state index in [1.807, 2.05) is 23.1 Å². The summed E-state index contributed by atoms with van der Waals surface area (Å²) in [6.45, 7) is 1.40. The van der Waals surface area contributed by atoms with Gasteiger partial charge in [-0.1, -0.05) is 49.6 Å². The highest BCUT2D eigenvalue weighted by molar-refractivity contribution is 5.79. The molecule has 0 unspecified atom stereocenters. The topological polar surface area (TPSA) is 76.4 Å². The minimum Gasteiger partial charge on any atom is -0.395 e. The molecule has 1 aromatic carbocycles. The molecule has 5 nitrogen and oxygen atoms in total. The molecule has 2 N–H and O–H groups in total. The third-order valence-electron chi connectivity index (χ3n) is 4.64. The first-order chi connectivity index (χ1) is 11.7. The van der Waals surface area contributed by atoms with E-state index >= 15 is 0 Å². The third-order valence-corrected chi connectivity index (χ3v) is 4.64. The second-order valence-electron chi connectivity index (χ2n) is 6.54. The van der Waals surface area contributed by atoms with Gasteiger partial charge in [-0.25, -0.2) is 0 Å². The first-order valence-corrected chi connectivity index (χ1v) is 8.77. The Hall–Kier alpha value is -1.90. The van der Waals surface area contributed by atoms with Gasteiger partial charge in [0.1, 0.15) is 5.54 Å². The van der Waals surface area contributed by atoms with E-state index in [0.717, 1.165) is 38.5 Å². The van der Waals surface area contributed by atoms with Gasteiger partial charge in [0.15, 0.2) is 0 Å². The zero-order valence-corrected chi connectivity index (χ0v) is 14.2. The van der Waals surface area contributed by atoms with Crippen LogP contribution in [0.4, 0.5) is 0 Å². The molecule has 1 fully saturated rings. The molecule has 1 saturated carbocycles. The van der Waals surface area contributed by atoms with Gasteiger partial charge in [-0.3, -0.25) is 9.69 Å². The Kier molecular flexibility index (Phi) is 7.23. The van der Waals surface area contributed by atoms with Gasteiger partial charge in [-0.15, -0.1) is 0 Å². The number of amides is 1. The Morgan fingerprint density at radius 3 is 2.54 bits per heavy atom. The number of aliphatic hydroxyl groups excluding tert-OH is 1. The average Bonchev–Trinajstić information content (AvgIpc) is 2.61. The van der Waals surface area contributed by atoms with Gasteiger partial charge < -0.3 is 10.4 Å². The highest BCUT2D eigenvalue weighted by Crippen LogP contribution is 2.27. The van der Waals surface area contributed by atoms with Crippen LogP contribution >= 0.6 is 0 Å². The number of carbonyl (C=O) groups is 1. The van der Waals surface area contributed by atoms with E-state index in [1.54, 1.807) is 0 Å². The van der Waals surface area contributed by atoms with Crippen LogP contribution < -0.4 is 5.32 Å². The fraction of sp³-hybridized carbons (Fsp3) is 0.579. The van der Waals surface area contributed by atoms with Crippen molar-refractivity contribution in [2.24, 2.45) is 0 Å². The molecular formula is C19H27N3O2. The Bertz CT molecular complexity index is 547. The molecule has 5 heteroatoms. The number of benzene rings is 1.